The third kappa shape index (κ3) is 3.50. The Morgan fingerprint density at radius 1 is 1.43 bits per heavy atom. The van der Waals surface area contributed by atoms with E-state index in [4.69, 9.17) is 23.2 Å². The van der Waals surface area contributed by atoms with Gasteiger partial charge in [-0.15, -0.1) is 0 Å². The van der Waals surface area contributed by atoms with Crippen molar-refractivity contribution in [2.75, 3.05) is 11.4 Å². The van der Waals surface area contributed by atoms with Crippen LogP contribution in [0.25, 0.3) is 0 Å². The first-order valence-corrected chi connectivity index (χ1v) is 7.76. The van der Waals surface area contributed by atoms with Gasteiger partial charge in [-0.3, -0.25) is 9.59 Å². The SMILES string of the molecule is CC[C@H](C)NC(=O)[C@@H]1CCN(c2ccc(Cl)c(Cl)c2)C1=O. The molecular formula is C15H18Cl2N2O2. The standard InChI is InChI=1S/C15H18Cl2N2O2/c1-3-9(2)18-14(20)11-6-7-19(15(11)21)10-4-5-12(16)13(17)8-10/h4-5,8-9,11H,3,6-7H2,1-2H3,(H,18,20)/t9-,11-/m0/s1. The van der Waals surface area contributed by atoms with Crippen molar-refractivity contribution in [2.45, 2.75) is 32.7 Å². The van der Waals surface area contributed by atoms with Gasteiger partial charge >= 0.3 is 0 Å². The molecule has 1 aromatic carbocycles. The molecule has 1 aromatic rings. The van der Waals surface area contributed by atoms with Crippen LogP contribution in [0.3, 0.4) is 0 Å². The highest BCUT2D eigenvalue weighted by Gasteiger charge is 2.37. The topological polar surface area (TPSA) is 49.4 Å². The first kappa shape index (κ1) is 16.1. The van der Waals surface area contributed by atoms with Crippen LogP contribution in [0.4, 0.5) is 5.69 Å². The van der Waals surface area contributed by atoms with Crippen molar-refractivity contribution >= 4 is 40.7 Å². The molecule has 2 amide bonds. The van der Waals surface area contributed by atoms with Gasteiger partial charge in [0, 0.05) is 18.3 Å². The number of halogens is 2. The Hall–Kier alpha value is -1.26. The second kappa shape index (κ2) is 6.67. The summed E-state index contributed by atoms with van der Waals surface area (Å²) >= 11 is 11.9. The third-order valence-electron chi connectivity index (χ3n) is 3.74. The number of hydrogen-bond donors (Lipinski definition) is 1. The fourth-order valence-electron chi connectivity index (χ4n) is 2.28. The van der Waals surface area contributed by atoms with Crippen LogP contribution in [0, 0.1) is 5.92 Å². The zero-order valence-electron chi connectivity index (χ0n) is 12.0. The number of carbonyl (C=O) groups excluding carboxylic acids is 2. The van der Waals surface area contributed by atoms with Gasteiger partial charge in [0.05, 0.1) is 10.0 Å². The van der Waals surface area contributed by atoms with Crippen LogP contribution in [0.1, 0.15) is 26.7 Å². The number of nitrogens with one attached hydrogen (secondary N) is 1. The summed E-state index contributed by atoms with van der Waals surface area (Å²) in [5.41, 5.74) is 0.674. The highest BCUT2D eigenvalue weighted by atomic mass is 35.5. The van der Waals surface area contributed by atoms with E-state index in [2.05, 4.69) is 5.32 Å². The minimum Gasteiger partial charge on any atom is -0.353 e. The monoisotopic (exact) mass is 328 g/mol. The van der Waals surface area contributed by atoms with Gasteiger partial charge < -0.3 is 10.2 Å². The van der Waals surface area contributed by atoms with Crippen LogP contribution >= 0.6 is 23.2 Å². The van der Waals surface area contributed by atoms with E-state index in [0.29, 0.717) is 28.7 Å². The van der Waals surface area contributed by atoms with Crippen molar-refractivity contribution in [3.8, 4) is 0 Å². The molecule has 0 radical (unpaired) electrons. The summed E-state index contributed by atoms with van der Waals surface area (Å²) in [6, 6.07) is 5.11. The molecule has 0 aromatic heterocycles. The lowest BCUT2D eigenvalue weighted by molar-refractivity contribution is -0.132. The number of rotatable bonds is 4. The first-order chi connectivity index (χ1) is 9.93. The van der Waals surface area contributed by atoms with Crippen LogP contribution in [-0.2, 0) is 9.59 Å². The van der Waals surface area contributed by atoms with Gasteiger partial charge in [-0.25, -0.2) is 0 Å². The van der Waals surface area contributed by atoms with Crippen LogP contribution in [0.2, 0.25) is 10.0 Å². The average molecular weight is 329 g/mol. The number of hydrogen-bond acceptors (Lipinski definition) is 2. The van der Waals surface area contributed by atoms with Crippen molar-refractivity contribution in [3.63, 3.8) is 0 Å². The van der Waals surface area contributed by atoms with E-state index in [1.165, 1.54) is 0 Å². The minimum atomic E-state index is -0.617. The summed E-state index contributed by atoms with van der Waals surface area (Å²) in [5, 5.41) is 3.70. The van der Waals surface area contributed by atoms with E-state index in [0.717, 1.165) is 6.42 Å². The fourth-order valence-corrected chi connectivity index (χ4v) is 2.57. The Kier molecular flexibility index (Phi) is 5.12. The number of carbonyl (C=O) groups is 2. The lowest BCUT2D eigenvalue weighted by Crippen LogP contribution is -2.40. The summed E-state index contributed by atoms with van der Waals surface area (Å²) in [7, 11) is 0. The largest absolute Gasteiger partial charge is 0.353 e. The Morgan fingerprint density at radius 2 is 2.14 bits per heavy atom. The van der Waals surface area contributed by atoms with Gasteiger partial charge in [0.15, 0.2) is 0 Å². The number of benzene rings is 1. The molecule has 21 heavy (non-hydrogen) atoms. The molecule has 0 saturated carbocycles. The van der Waals surface area contributed by atoms with Gasteiger partial charge in [0.1, 0.15) is 5.92 Å². The molecule has 0 bridgehead atoms. The van der Waals surface area contributed by atoms with Crippen molar-refractivity contribution in [1.29, 1.82) is 0 Å². The second-order valence-electron chi connectivity index (χ2n) is 5.25. The Morgan fingerprint density at radius 3 is 2.76 bits per heavy atom. The lowest BCUT2D eigenvalue weighted by Gasteiger charge is -2.18. The van der Waals surface area contributed by atoms with Crippen LogP contribution in [-0.4, -0.2) is 24.4 Å². The molecule has 1 aliphatic heterocycles. The van der Waals surface area contributed by atoms with E-state index in [1.54, 1.807) is 23.1 Å². The molecule has 0 aliphatic carbocycles. The van der Waals surface area contributed by atoms with Gasteiger partial charge in [-0.05, 0) is 38.0 Å². The molecule has 6 heteroatoms. The van der Waals surface area contributed by atoms with Crippen LogP contribution in [0.15, 0.2) is 18.2 Å². The smallest absolute Gasteiger partial charge is 0.239 e. The molecule has 2 atom stereocenters. The van der Waals surface area contributed by atoms with Gasteiger partial charge in [0.2, 0.25) is 11.8 Å². The first-order valence-electron chi connectivity index (χ1n) is 7.00. The summed E-state index contributed by atoms with van der Waals surface area (Å²) in [5.74, 6) is -1.00. The zero-order valence-corrected chi connectivity index (χ0v) is 13.5. The maximum Gasteiger partial charge on any atom is 0.239 e. The predicted octanol–water partition coefficient (Wildman–Crippen LogP) is 3.26. The van der Waals surface area contributed by atoms with Crippen molar-refractivity contribution < 1.29 is 9.59 Å². The molecular weight excluding hydrogens is 311 g/mol. The van der Waals surface area contributed by atoms with Gasteiger partial charge in [-0.1, -0.05) is 30.1 Å². The number of amides is 2. The molecule has 114 valence electrons. The van der Waals surface area contributed by atoms with E-state index < -0.39 is 5.92 Å². The second-order valence-corrected chi connectivity index (χ2v) is 6.06. The molecule has 0 unspecified atom stereocenters. The quantitative estimate of drug-likeness (QED) is 0.862. The van der Waals surface area contributed by atoms with Gasteiger partial charge in [0.25, 0.3) is 0 Å². The van der Waals surface area contributed by atoms with E-state index in [9.17, 15) is 9.59 Å². The molecule has 1 saturated heterocycles. The Balaban J connectivity index is 2.10. The maximum atomic E-state index is 12.4. The number of nitrogens with zero attached hydrogens (tertiary/aromatic N) is 1. The third-order valence-corrected chi connectivity index (χ3v) is 4.48. The number of anilines is 1. The van der Waals surface area contributed by atoms with E-state index in [1.807, 2.05) is 13.8 Å². The van der Waals surface area contributed by atoms with E-state index >= 15 is 0 Å². The average Bonchev–Trinajstić information content (AvgIpc) is 2.83. The molecule has 1 heterocycles. The summed E-state index contributed by atoms with van der Waals surface area (Å²) in [6.07, 6.45) is 1.35. The highest BCUT2D eigenvalue weighted by Crippen LogP contribution is 2.31. The molecule has 4 nitrogen and oxygen atoms in total. The van der Waals surface area contributed by atoms with Gasteiger partial charge in [-0.2, -0.15) is 0 Å². The predicted molar refractivity (Wildman–Crippen MR) is 84.8 cm³/mol. The van der Waals surface area contributed by atoms with Crippen molar-refractivity contribution in [2.24, 2.45) is 5.92 Å². The van der Waals surface area contributed by atoms with Crippen LogP contribution in [0.5, 0.6) is 0 Å². The fraction of sp³-hybridized carbons (Fsp3) is 0.467. The van der Waals surface area contributed by atoms with E-state index in [-0.39, 0.29) is 17.9 Å². The maximum absolute atomic E-state index is 12.4. The lowest BCUT2D eigenvalue weighted by atomic mass is 10.1. The van der Waals surface area contributed by atoms with Crippen molar-refractivity contribution in [1.82, 2.24) is 5.32 Å². The Bertz CT molecular complexity index is 563. The Labute approximate surface area is 134 Å². The molecule has 1 aliphatic rings. The highest BCUT2D eigenvalue weighted by molar-refractivity contribution is 6.42. The zero-order chi connectivity index (χ0) is 15.6. The van der Waals surface area contributed by atoms with Crippen LogP contribution < -0.4 is 10.2 Å². The molecule has 1 fully saturated rings. The summed E-state index contributed by atoms with van der Waals surface area (Å²) < 4.78 is 0. The minimum absolute atomic E-state index is 0.0735. The normalized spacial score (nSPS) is 19.7. The summed E-state index contributed by atoms with van der Waals surface area (Å²) in [4.78, 5) is 26.1. The molecule has 2 rings (SSSR count). The molecule has 1 N–H and O–H groups in total. The molecule has 0 spiro atoms. The van der Waals surface area contributed by atoms with Crippen molar-refractivity contribution in [3.05, 3.63) is 28.2 Å². The summed E-state index contributed by atoms with van der Waals surface area (Å²) in [6.45, 7) is 4.42.